The Morgan fingerprint density at radius 3 is 2.85 bits per heavy atom. The fourth-order valence-electron chi connectivity index (χ4n) is 2.35. The number of thioether (sulfide) groups is 1. The molecule has 1 atom stereocenters. The highest BCUT2D eigenvalue weighted by Crippen LogP contribution is 2.27. The Kier molecular flexibility index (Phi) is 6.24. The van der Waals surface area contributed by atoms with E-state index in [-0.39, 0.29) is 5.38 Å². The number of hydrogen-bond acceptors (Lipinski definition) is 2. The van der Waals surface area contributed by atoms with Gasteiger partial charge in [0.15, 0.2) is 0 Å². The maximum atomic E-state index is 6.28. The molecule has 110 valence electrons. The SMILES string of the molecule is CSCCCCCn1c(C(C)Cl)nc2ccc(Br)cc21. The summed E-state index contributed by atoms with van der Waals surface area (Å²) in [6, 6.07) is 6.21. The highest BCUT2D eigenvalue weighted by Gasteiger charge is 2.14. The largest absolute Gasteiger partial charge is 0.327 e. The Hall–Kier alpha value is -0.190. The van der Waals surface area contributed by atoms with Crippen LogP contribution in [0.2, 0.25) is 0 Å². The molecule has 0 aliphatic rings. The van der Waals surface area contributed by atoms with E-state index in [0.717, 1.165) is 22.4 Å². The van der Waals surface area contributed by atoms with Crippen molar-refractivity contribution in [2.24, 2.45) is 0 Å². The number of imidazole rings is 1. The van der Waals surface area contributed by atoms with Gasteiger partial charge in [-0.1, -0.05) is 22.4 Å². The third-order valence-electron chi connectivity index (χ3n) is 3.33. The van der Waals surface area contributed by atoms with E-state index >= 15 is 0 Å². The average molecular weight is 376 g/mol. The molecule has 2 aromatic rings. The van der Waals surface area contributed by atoms with E-state index in [1.54, 1.807) is 0 Å². The first kappa shape index (κ1) is 16.2. The van der Waals surface area contributed by atoms with Gasteiger partial charge in [0.05, 0.1) is 16.4 Å². The van der Waals surface area contributed by atoms with E-state index in [4.69, 9.17) is 11.6 Å². The van der Waals surface area contributed by atoms with Gasteiger partial charge < -0.3 is 4.57 Å². The lowest BCUT2D eigenvalue weighted by Gasteiger charge is -2.10. The number of fused-ring (bicyclic) bond motifs is 1. The van der Waals surface area contributed by atoms with Crippen LogP contribution in [0.25, 0.3) is 11.0 Å². The molecule has 2 nitrogen and oxygen atoms in total. The van der Waals surface area contributed by atoms with Crippen LogP contribution in [0.3, 0.4) is 0 Å². The molecule has 20 heavy (non-hydrogen) atoms. The Bertz CT molecular complexity index is 568. The van der Waals surface area contributed by atoms with Crippen molar-refractivity contribution in [2.45, 2.75) is 38.1 Å². The predicted molar refractivity (Wildman–Crippen MR) is 93.9 cm³/mol. The topological polar surface area (TPSA) is 17.8 Å². The zero-order valence-corrected chi connectivity index (χ0v) is 15.1. The smallest absolute Gasteiger partial charge is 0.127 e. The Morgan fingerprint density at radius 1 is 1.35 bits per heavy atom. The minimum Gasteiger partial charge on any atom is -0.327 e. The molecule has 1 heterocycles. The first-order valence-electron chi connectivity index (χ1n) is 6.92. The summed E-state index contributed by atoms with van der Waals surface area (Å²) in [6.45, 7) is 2.98. The normalized spacial score (nSPS) is 13.0. The van der Waals surface area contributed by atoms with E-state index in [0.29, 0.717) is 0 Å². The van der Waals surface area contributed by atoms with Crippen molar-refractivity contribution in [1.29, 1.82) is 0 Å². The number of aryl methyl sites for hydroxylation is 1. The van der Waals surface area contributed by atoms with Crippen molar-refractivity contribution in [3.05, 3.63) is 28.5 Å². The summed E-state index contributed by atoms with van der Waals surface area (Å²) in [6.07, 6.45) is 5.87. The first-order valence-corrected chi connectivity index (χ1v) is 9.54. The maximum Gasteiger partial charge on any atom is 0.127 e. The summed E-state index contributed by atoms with van der Waals surface area (Å²) in [5.74, 6) is 2.22. The van der Waals surface area contributed by atoms with Crippen molar-refractivity contribution in [3.8, 4) is 0 Å². The fourth-order valence-corrected chi connectivity index (χ4v) is 3.35. The number of alkyl halides is 1. The molecule has 5 heteroatoms. The quantitative estimate of drug-likeness (QED) is 0.461. The molecule has 1 unspecified atom stereocenters. The minimum absolute atomic E-state index is 0.0626. The zero-order valence-electron chi connectivity index (χ0n) is 11.9. The van der Waals surface area contributed by atoms with Gasteiger partial charge in [-0.25, -0.2) is 4.98 Å². The summed E-state index contributed by atoms with van der Waals surface area (Å²) in [5, 5.41) is -0.0626. The van der Waals surface area contributed by atoms with E-state index < -0.39 is 0 Å². The number of rotatable bonds is 7. The van der Waals surface area contributed by atoms with Crippen LogP contribution in [0.1, 0.15) is 37.4 Å². The van der Waals surface area contributed by atoms with E-state index in [1.165, 1.54) is 30.5 Å². The van der Waals surface area contributed by atoms with Gasteiger partial charge >= 0.3 is 0 Å². The third kappa shape index (κ3) is 3.92. The molecule has 0 aliphatic heterocycles. The van der Waals surface area contributed by atoms with Crippen LogP contribution in [0.4, 0.5) is 0 Å². The van der Waals surface area contributed by atoms with Crippen LogP contribution < -0.4 is 0 Å². The Morgan fingerprint density at radius 2 is 2.15 bits per heavy atom. The van der Waals surface area contributed by atoms with Crippen molar-refractivity contribution in [3.63, 3.8) is 0 Å². The minimum atomic E-state index is -0.0626. The summed E-state index contributed by atoms with van der Waals surface area (Å²) >= 11 is 11.7. The van der Waals surface area contributed by atoms with Gasteiger partial charge in [-0.15, -0.1) is 11.6 Å². The number of aromatic nitrogens is 2. The standard InChI is InChI=1S/C15H20BrClN2S/c1-11(17)15-18-13-7-6-12(16)10-14(13)19(15)8-4-3-5-9-20-2/h6-7,10-11H,3-5,8-9H2,1-2H3. The highest BCUT2D eigenvalue weighted by molar-refractivity contribution is 9.10. The second-order valence-electron chi connectivity index (χ2n) is 4.92. The summed E-state index contributed by atoms with van der Waals surface area (Å²) in [5.41, 5.74) is 2.20. The van der Waals surface area contributed by atoms with E-state index in [9.17, 15) is 0 Å². The van der Waals surface area contributed by atoms with E-state index in [2.05, 4.69) is 37.8 Å². The molecular weight excluding hydrogens is 356 g/mol. The number of nitrogens with zero attached hydrogens (tertiary/aromatic N) is 2. The van der Waals surface area contributed by atoms with Gasteiger partial charge in [-0.2, -0.15) is 11.8 Å². The van der Waals surface area contributed by atoms with Crippen LogP contribution in [0.15, 0.2) is 22.7 Å². The monoisotopic (exact) mass is 374 g/mol. The molecule has 0 bridgehead atoms. The molecule has 0 aliphatic carbocycles. The molecule has 1 aromatic heterocycles. The maximum absolute atomic E-state index is 6.28. The highest BCUT2D eigenvalue weighted by atomic mass is 79.9. The molecule has 0 fully saturated rings. The zero-order chi connectivity index (χ0) is 14.5. The Balaban J connectivity index is 2.19. The molecule has 0 spiro atoms. The van der Waals surface area contributed by atoms with Crippen LogP contribution >= 0.6 is 39.3 Å². The lowest BCUT2D eigenvalue weighted by Crippen LogP contribution is -2.05. The van der Waals surface area contributed by atoms with Gasteiger partial charge in [-0.05, 0) is 50.0 Å². The predicted octanol–water partition coefficient (Wildman–Crippen LogP) is 5.63. The lowest BCUT2D eigenvalue weighted by molar-refractivity contribution is 0.593. The van der Waals surface area contributed by atoms with Gasteiger partial charge in [0.25, 0.3) is 0 Å². The molecular formula is C15H20BrClN2S. The first-order chi connectivity index (χ1) is 9.63. The molecule has 0 saturated heterocycles. The third-order valence-corrected chi connectivity index (χ3v) is 4.71. The van der Waals surface area contributed by atoms with Crippen molar-refractivity contribution < 1.29 is 0 Å². The molecule has 0 radical (unpaired) electrons. The number of benzene rings is 1. The van der Waals surface area contributed by atoms with Crippen LogP contribution in [-0.4, -0.2) is 21.6 Å². The van der Waals surface area contributed by atoms with E-state index in [1.807, 2.05) is 30.8 Å². The molecule has 0 N–H and O–H groups in total. The van der Waals surface area contributed by atoms with Gasteiger partial charge in [0.1, 0.15) is 5.82 Å². The summed E-state index contributed by atoms with van der Waals surface area (Å²) < 4.78 is 3.36. The fraction of sp³-hybridized carbons (Fsp3) is 0.533. The number of hydrogen-bond donors (Lipinski definition) is 0. The van der Waals surface area contributed by atoms with Crippen LogP contribution in [-0.2, 0) is 6.54 Å². The van der Waals surface area contributed by atoms with Crippen molar-refractivity contribution >= 4 is 50.3 Å². The molecule has 0 amide bonds. The van der Waals surface area contributed by atoms with Crippen LogP contribution in [0.5, 0.6) is 0 Å². The average Bonchev–Trinajstić information content (AvgIpc) is 2.77. The lowest BCUT2D eigenvalue weighted by atomic mass is 10.2. The van der Waals surface area contributed by atoms with Crippen molar-refractivity contribution in [1.82, 2.24) is 9.55 Å². The Labute approximate surface area is 138 Å². The molecule has 1 aromatic carbocycles. The van der Waals surface area contributed by atoms with Crippen molar-refractivity contribution in [2.75, 3.05) is 12.0 Å². The molecule has 0 saturated carbocycles. The molecule has 2 rings (SSSR count). The summed E-state index contributed by atoms with van der Waals surface area (Å²) in [4.78, 5) is 4.67. The second kappa shape index (κ2) is 7.71. The van der Waals surface area contributed by atoms with Gasteiger partial charge in [-0.3, -0.25) is 0 Å². The second-order valence-corrected chi connectivity index (χ2v) is 7.48. The number of unbranched alkanes of at least 4 members (excludes halogenated alkanes) is 2. The van der Waals surface area contributed by atoms with Gasteiger partial charge in [0.2, 0.25) is 0 Å². The van der Waals surface area contributed by atoms with Crippen LogP contribution in [0, 0.1) is 0 Å². The number of halogens is 2. The summed E-state index contributed by atoms with van der Waals surface area (Å²) in [7, 11) is 0. The van der Waals surface area contributed by atoms with Gasteiger partial charge in [0, 0.05) is 11.0 Å².